The van der Waals surface area contributed by atoms with Crippen molar-refractivity contribution >= 4 is 0 Å². The van der Waals surface area contributed by atoms with Crippen LogP contribution in [0.2, 0.25) is 0 Å². The summed E-state index contributed by atoms with van der Waals surface area (Å²) in [7, 11) is 0. The maximum absolute atomic E-state index is 9.48. The van der Waals surface area contributed by atoms with E-state index in [0.29, 0.717) is 6.54 Å². The van der Waals surface area contributed by atoms with Crippen molar-refractivity contribution in [1.82, 2.24) is 4.90 Å². The molecule has 0 radical (unpaired) electrons. The Morgan fingerprint density at radius 3 is 2.83 bits per heavy atom. The van der Waals surface area contributed by atoms with Crippen molar-refractivity contribution in [2.45, 2.75) is 25.5 Å². The molecule has 1 aromatic carbocycles. The number of nitrogens with zero attached hydrogens (tertiary/aromatic N) is 1. The Morgan fingerprint density at radius 2 is 2.11 bits per heavy atom. The van der Waals surface area contributed by atoms with Crippen LogP contribution in [0.25, 0.3) is 0 Å². The lowest BCUT2D eigenvalue weighted by molar-refractivity contribution is 0.0792. The molecule has 0 aromatic heterocycles. The first kappa shape index (κ1) is 13.1. The minimum atomic E-state index is -0.108. The van der Waals surface area contributed by atoms with E-state index in [9.17, 15) is 5.11 Å². The Kier molecular flexibility index (Phi) is 4.77. The summed E-state index contributed by atoms with van der Waals surface area (Å²) in [6.07, 6.45) is 1.65. The van der Waals surface area contributed by atoms with Crippen LogP contribution in [0.5, 0.6) is 0 Å². The van der Waals surface area contributed by atoms with E-state index in [0.717, 1.165) is 38.0 Å². The molecular weight excluding hydrogens is 224 g/mol. The summed E-state index contributed by atoms with van der Waals surface area (Å²) >= 11 is 0. The van der Waals surface area contributed by atoms with E-state index in [1.165, 1.54) is 5.56 Å². The summed E-state index contributed by atoms with van der Waals surface area (Å²) in [4.78, 5) is 2.38. The smallest absolute Gasteiger partial charge is 0.0564 e. The van der Waals surface area contributed by atoms with Gasteiger partial charge in [-0.25, -0.2) is 0 Å². The van der Waals surface area contributed by atoms with Gasteiger partial charge in [-0.15, -0.1) is 0 Å². The first-order valence-electron chi connectivity index (χ1n) is 6.46. The molecule has 1 heterocycles. The van der Waals surface area contributed by atoms with Crippen molar-refractivity contribution in [3.05, 3.63) is 35.4 Å². The number of aliphatic hydroxyl groups excluding tert-OH is 1. The third-order valence-electron chi connectivity index (χ3n) is 3.23. The molecule has 96 valence electrons. The maximum Gasteiger partial charge on any atom is 0.0564 e. The van der Waals surface area contributed by atoms with Gasteiger partial charge in [0.25, 0.3) is 0 Å². The van der Waals surface area contributed by atoms with Gasteiger partial charge in [-0.05, 0) is 30.5 Å². The summed E-state index contributed by atoms with van der Waals surface area (Å²) < 4.78 is 0. The highest BCUT2D eigenvalue weighted by Gasteiger charge is 2.16. The molecule has 3 nitrogen and oxygen atoms in total. The summed E-state index contributed by atoms with van der Waals surface area (Å²) in [6, 6.07) is 8.28. The number of nitrogens with two attached hydrogens (primary N) is 1. The molecule has 0 saturated carbocycles. The molecule has 1 aliphatic heterocycles. The van der Waals surface area contributed by atoms with Gasteiger partial charge in [-0.3, -0.25) is 4.90 Å². The Balaban J connectivity index is 1.96. The average molecular weight is 244 g/mol. The Morgan fingerprint density at radius 1 is 1.33 bits per heavy atom. The zero-order valence-corrected chi connectivity index (χ0v) is 10.6. The predicted octanol–water partition coefficient (Wildman–Crippen LogP) is 0.954. The molecule has 0 unspecified atom stereocenters. The maximum atomic E-state index is 9.48. The minimum Gasteiger partial charge on any atom is -0.393 e. The monoisotopic (exact) mass is 244 g/mol. The van der Waals surface area contributed by atoms with Gasteiger partial charge in [0.15, 0.2) is 0 Å². The Labute approximate surface area is 109 Å². The van der Waals surface area contributed by atoms with E-state index in [4.69, 9.17) is 5.73 Å². The van der Waals surface area contributed by atoms with Gasteiger partial charge in [-0.1, -0.05) is 24.0 Å². The molecule has 2 rings (SSSR count). The van der Waals surface area contributed by atoms with Gasteiger partial charge < -0.3 is 10.8 Å². The van der Waals surface area contributed by atoms with Crippen molar-refractivity contribution in [3.63, 3.8) is 0 Å². The lowest BCUT2D eigenvalue weighted by Gasteiger charge is -2.29. The highest BCUT2D eigenvalue weighted by Crippen LogP contribution is 2.14. The van der Waals surface area contributed by atoms with Crippen LogP contribution in [-0.2, 0) is 6.54 Å². The molecular formula is C15H20N2O. The quantitative estimate of drug-likeness (QED) is 0.762. The van der Waals surface area contributed by atoms with Crippen molar-refractivity contribution in [2.75, 3.05) is 19.6 Å². The molecule has 1 aliphatic rings. The molecule has 0 spiro atoms. The zero-order valence-electron chi connectivity index (χ0n) is 10.6. The number of aliphatic hydroxyl groups is 1. The number of hydrogen-bond acceptors (Lipinski definition) is 3. The first-order valence-corrected chi connectivity index (χ1v) is 6.46. The molecule has 0 aliphatic carbocycles. The number of piperidine rings is 1. The van der Waals surface area contributed by atoms with Gasteiger partial charge >= 0.3 is 0 Å². The molecule has 0 atom stereocenters. The second-order valence-electron chi connectivity index (χ2n) is 4.71. The van der Waals surface area contributed by atoms with Crippen LogP contribution >= 0.6 is 0 Å². The number of benzene rings is 1. The molecule has 18 heavy (non-hydrogen) atoms. The molecule has 1 fully saturated rings. The van der Waals surface area contributed by atoms with Crippen LogP contribution < -0.4 is 5.73 Å². The second-order valence-corrected chi connectivity index (χ2v) is 4.71. The highest BCUT2D eigenvalue weighted by atomic mass is 16.3. The summed E-state index contributed by atoms with van der Waals surface area (Å²) in [5.74, 6) is 5.93. The van der Waals surface area contributed by atoms with Crippen molar-refractivity contribution in [1.29, 1.82) is 0 Å². The molecule has 3 N–H and O–H groups in total. The van der Waals surface area contributed by atoms with Crippen LogP contribution in [0.4, 0.5) is 0 Å². The van der Waals surface area contributed by atoms with Crippen LogP contribution in [0.1, 0.15) is 24.0 Å². The van der Waals surface area contributed by atoms with Gasteiger partial charge in [0.2, 0.25) is 0 Å². The average Bonchev–Trinajstić information content (AvgIpc) is 2.40. The highest BCUT2D eigenvalue weighted by molar-refractivity contribution is 5.37. The summed E-state index contributed by atoms with van der Waals surface area (Å²) in [6.45, 7) is 3.28. The SMILES string of the molecule is NCC#Cc1cccc(CN2CCC(O)CC2)c1. The van der Waals surface area contributed by atoms with E-state index < -0.39 is 0 Å². The number of likely N-dealkylation sites (tertiary alicyclic amines) is 1. The fourth-order valence-corrected chi connectivity index (χ4v) is 2.24. The zero-order chi connectivity index (χ0) is 12.8. The van der Waals surface area contributed by atoms with E-state index in [2.05, 4.69) is 28.9 Å². The van der Waals surface area contributed by atoms with E-state index in [1.807, 2.05) is 12.1 Å². The van der Waals surface area contributed by atoms with Crippen LogP contribution in [-0.4, -0.2) is 35.7 Å². The first-order chi connectivity index (χ1) is 8.78. The van der Waals surface area contributed by atoms with Crippen LogP contribution in [0.3, 0.4) is 0 Å². The molecule has 0 bridgehead atoms. The van der Waals surface area contributed by atoms with Crippen LogP contribution in [0, 0.1) is 11.8 Å². The minimum absolute atomic E-state index is 0.108. The van der Waals surface area contributed by atoms with E-state index in [1.54, 1.807) is 0 Å². The van der Waals surface area contributed by atoms with Gasteiger partial charge in [0.1, 0.15) is 0 Å². The predicted molar refractivity (Wildman–Crippen MR) is 72.9 cm³/mol. The van der Waals surface area contributed by atoms with Crippen molar-refractivity contribution < 1.29 is 5.11 Å². The van der Waals surface area contributed by atoms with E-state index >= 15 is 0 Å². The topological polar surface area (TPSA) is 49.5 Å². The van der Waals surface area contributed by atoms with Crippen molar-refractivity contribution in [3.8, 4) is 11.8 Å². The number of rotatable bonds is 2. The standard InChI is InChI=1S/C15H20N2O/c16-8-2-5-13-3-1-4-14(11-13)12-17-9-6-15(18)7-10-17/h1,3-4,11,15,18H,6-10,12,16H2. The van der Waals surface area contributed by atoms with Gasteiger partial charge in [0, 0.05) is 25.2 Å². The Bertz CT molecular complexity index is 439. The molecule has 1 aromatic rings. The molecule has 3 heteroatoms. The van der Waals surface area contributed by atoms with Crippen molar-refractivity contribution in [2.24, 2.45) is 5.73 Å². The fourth-order valence-electron chi connectivity index (χ4n) is 2.24. The summed E-state index contributed by atoms with van der Waals surface area (Å²) in [5.41, 5.74) is 7.67. The second kappa shape index (κ2) is 6.55. The third-order valence-corrected chi connectivity index (χ3v) is 3.23. The Hall–Kier alpha value is -1.34. The normalized spacial score (nSPS) is 17.2. The third kappa shape index (κ3) is 3.85. The largest absolute Gasteiger partial charge is 0.393 e. The fraction of sp³-hybridized carbons (Fsp3) is 0.467. The molecule has 0 amide bonds. The lowest BCUT2D eigenvalue weighted by atomic mass is 10.1. The van der Waals surface area contributed by atoms with Crippen LogP contribution in [0.15, 0.2) is 24.3 Å². The molecule has 1 saturated heterocycles. The van der Waals surface area contributed by atoms with E-state index in [-0.39, 0.29) is 6.10 Å². The summed E-state index contributed by atoms with van der Waals surface area (Å²) in [5, 5.41) is 9.48. The van der Waals surface area contributed by atoms with Gasteiger partial charge in [0.05, 0.1) is 12.6 Å². The lowest BCUT2D eigenvalue weighted by Crippen LogP contribution is -2.35. The van der Waals surface area contributed by atoms with Gasteiger partial charge in [-0.2, -0.15) is 0 Å². The number of hydrogen-bond donors (Lipinski definition) is 2.